The predicted octanol–water partition coefficient (Wildman–Crippen LogP) is 5.46. The molecule has 0 N–H and O–H groups in total. The van der Waals surface area contributed by atoms with Crippen LogP contribution in [0.2, 0.25) is 0 Å². The third-order valence-corrected chi connectivity index (χ3v) is 6.77. The molecule has 5 nitrogen and oxygen atoms in total. The molecule has 3 rings (SSSR count). The van der Waals surface area contributed by atoms with E-state index in [4.69, 9.17) is 4.74 Å². The lowest BCUT2D eigenvalue weighted by Crippen LogP contribution is -2.22. The largest absolute Gasteiger partial charge is 0.468 e. The number of thioether (sulfide) groups is 1. The van der Waals surface area contributed by atoms with Gasteiger partial charge in [-0.2, -0.15) is 4.99 Å². The second kappa shape index (κ2) is 10.8. The van der Waals surface area contributed by atoms with Crippen LogP contribution in [0, 0.1) is 0 Å². The van der Waals surface area contributed by atoms with Crippen molar-refractivity contribution >= 4 is 45.2 Å². The highest BCUT2D eigenvalue weighted by Gasteiger charge is 2.13. The number of carbonyl (C=O) groups is 2. The van der Waals surface area contributed by atoms with Crippen molar-refractivity contribution < 1.29 is 14.3 Å². The van der Waals surface area contributed by atoms with Gasteiger partial charge in [-0.15, -0.1) is 11.8 Å². The summed E-state index contributed by atoms with van der Waals surface area (Å²) in [6, 6.07) is 13.7. The van der Waals surface area contributed by atoms with Crippen LogP contribution in [0.15, 0.2) is 52.4 Å². The minimum Gasteiger partial charge on any atom is -0.468 e. The number of unbranched alkanes of at least 4 members (excludes halogenated alkanes) is 1. The molecule has 0 spiro atoms. The highest BCUT2D eigenvalue weighted by molar-refractivity contribution is 7.99. The Morgan fingerprint density at radius 3 is 2.71 bits per heavy atom. The number of ether oxygens (including phenoxy) is 1. The van der Waals surface area contributed by atoms with E-state index in [2.05, 4.69) is 37.9 Å². The first-order valence-corrected chi connectivity index (χ1v) is 12.2. The zero-order chi connectivity index (χ0) is 22.4. The molecule has 0 unspecified atom stereocenters. The molecule has 0 aliphatic rings. The molecule has 164 valence electrons. The Hall–Kier alpha value is -2.38. The van der Waals surface area contributed by atoms with Crippen LogP contribution in [0.25, 0.3) is 10.2 Å². The van der Waals surface area contributed by atoms with Crippen LogP contribution in [-0.4, -0.2) is 28.8 Å². The van der Waals surface area contributed by atoms with Gasteiger partial charge in [-0.3, -0.25) is 9.59 Å². The maximum atomic E-state index is 12.9. The number of benzene rings is 2. The number of amides is 1. The van der Waals surface area contributed by atoms with Crippen molar-refractivity contribution in [2.45, 2.75) is 56.7 Å². The first-order valence-electron chi connectivity index (χ1n) is 10.5. The van der Waals surface area contributed by atoms with E-state index in [0.717, 1.165) is 34.4 Å². The van der Waals surface area contributed by atoms with E-state index in [1.807, 2.05) is 24.3 Å². The predicted molar refractivity (Wildman–Crippen MR) is 128 cm³/mol. The van der Waals surface area contributed by atoms with E-state index in [0.29, 0.717) is 15.6 Å². The van der Waals surface area contributed by atoms with Crippen molar-refractivity contribution in [1.82, 2.24) is 4.57 Å². The molecule has 3 aromatic rings. The molecule has 0 saturated carbocycles. The minimum absolute atomic E-state index is 0.0140. The molecule has 0 atom stereocenters. The summed E-state index contributed by atoms with van der Waals surface area (Å²) >= 11 is 3.13. The summed E-state index contributed by atoms with van der Waals surface area (Å²) in [5, 5.41) is 0.425. The number of hydrogen-bond acceptors (Lipinski definition) is 5. The van der Waals surface area contributed by atoms with E-state index < -0.39 is 0 Å². The van der Waals surface area contributed by atoms with Gasteiger partial charge in [0.15, 0.2) is 4.80 Å². The van der Waals surface area contributed by atoms with Gasteiger partial charge in [0.25, 0.3) is 5.91 Å². The number of esters is 1. The van der Waals surface area contributed by atoms with Crippen molar-refractivity contribution in [3.63, 3.8) is 0 Å². The van der Waals surface area contributed by atoms with Crippen molar-refractivity contribution in [2.75, 3.05) is 7.11 Å². The third-order valence-electron chi connectivity index (χ3n) is 4.73. The fourth-order valence-corrected chi connectivity index (χ4v) is 5.20. The molecule has 0 aliphatic carbocycles. The van der Waals surface area contributed by atoms with E-state index in [-0.39, 0.29) is 18.4 Å². The van der Waals surface area contributed by atoms with Gasteiger partial charge in [-0.25, -0.2) is 0 Å². The van der Waals surface area contributed by atoms with Gasteiger partial charge in [-0.05, 0) is 48.7 Å². The maximum absolute atomic E-state index is 12.9. The number of aryl methyl sites for hydroxylation is 1. The Morgan fingerprint density at radius 2 is 2.00 bits per heavy atom. The summed E-state index contributed by atoms with van der Waals surface area (Å²) in [5.41, 5.74) is 2.67. The summed E-state index contributed by atoms with van der Waals surface area (Å²) in [6.07, 6.45) is 3.26. The van der Waals surface area contributed by atoms with Crippen molar-refractivity contribution in [3.05, 3.63) is 58.4 Å². The lowest BCUT2D eigenvalue weighted by atomic mass is 10.1. The third kappa shape index (κ3) is 6.08. The molecule has 1 heterocycles. The van der Waals surface area contributed by atoms with E-state index in [1.165, 1.54) is 24.0 Å². The van der Waals surface area contributed by atoms with Crippen LogP contribution in [0.5, 0.6) is 0 Å². The summed E-state index contributed by atoms with van der Waals surface area (Å²) in [5.74, 6) is -0.693. The molecule has 1 amide bonds. The van der Waals surface area contributed by atoms with Gasteiger partial charge in [0.1, 0.15) is 6.54 Å². The summed E-state index contributed by atoms with van der Waals surface area (Å²) in [4.78, 5) is 30.9. The molecule has 0 bridgehead atoms. The Labute approximate surface area is 191 Å². The SMILES string of the molecule is CCCCc1ccc2c(c1)sc(=NC(=O)c1cccc(SC(C)C)c1)n2CC(=O)OC. The number of fused-ring (bicyclic) bond motifs is 1. The standard InChI is InChI=1S/C24H28N2O3S2/c1-5-6-8-17-11-12-20-21(13-17)31-24(26(20)15-22(27)29-4)25-23(28)18-9-7-10-19(14-18)30-16(2)3/h7,9-14,16H,5-6,8,15H2,1-4H3. The highest BCUT2D eigenvalue weighted by Crippen LogP contribution is 2.24. The van der Waals surface area contributed by atoms with Crippen LogP contribution < -0.4 is 4.80 Å². The van der Waals surface area contributed by atoms with E-state index in [9.17, 15) is 9.59 Å². The lowest BCUT2D eigenvalue weighted by Gasteiger charge is -2.06. The topological polar surface area (TPSA) is 60.7 Å². The molecular weight excluding hydrogens is 428 g/mol. The monoisotopic (exact) mass is 456 g/mol. The number of carbonyl (C=O) groups excluding carboxylic acids is 2. The number of hydrogen-bond donors (Lipinski definition) is 0. The normalized spacial score (nSPS) is 12.0. The number of rotatable bonds is 8. The van der Waals surface area contributed by atoms with Crippen molar-refractivity contribution in [1.29, 1.82) is 0 Å². The Bertz CT molecular complexity index is 1150. The Kier molecular flexibility index (Phi) is 8.09. The Balaban J connectivity index is 2.04. The molecule has 0 fully saturated rings. The summed E-state index contributed by atoms with van der Waals surface area (Å²) in [7, 11) is 1.36. The number of methoxy groups -OCH3 is 1. The summed E-state index contributed by atoms with van der Waals surface area (Å²) in [6.45, 7) is 6.42. The van der Waals surface area contributed by atoms with Gasteiger partial charge in [0, 0.05) is 15.7 Å². The van der Waals surface area contributed by atoms with Gasteiger partial charge < -0.3 is 9.30 Å². The number of aromatic nitrogens is 1. The molecule has 2 aromatic carbocycles. The lowest BCUT2D eigenvalue weighted by molar-refractivity contribution is -0.141. The van der Waals surface area contributed by atoms with Gasteiger partial charge in [0.2, 0.25) is 0 Å². The number of nitrogens with zero attached hydrogens (tertiary/aromatic N) is 2. The zero-order valence-corrected chi connectivity index (χ0v) is 20.0. The fourth-order valence-electron chi connectivity index (χ4n) is 3.21. The maximum Gasteiger partial charge on any atom is 0.325 e. The van der Waals surface area contributed by atoms with Crippen LogP contribution in [0.3, 0.4) is 0 Å². The second-order valence-corrected chi connectivity index (χ2v) is 10.2. The highest BCUT2D eigenvalue weighted by atomic mass is 32.2. The van der Waals surface area contributed by atoms with Crippen molar-refractivity contribution in [2.24, 2.45) is 4.99 Å². The first-order chi connectivity index (χ1) is 14.9. The minimum atomic E-state index is -0.376. The summed E-state index contributed by atoms with van der Waals surface area (Å²) < 4.78 is 7.63. The fraction of sp³-hybridized carbons (Fsp3) is 0.375. The van der Waals surface area contributed by atoms with E-state index in [1.54, 1.807) is 22.4 Å². The zero-order valence-electron chi connectivity index (χ0n) is 18.4. The average molecular weight is 457 g/mol. The van der Waals surface area contributed by atoms with Gasteiger partial charge in [0.05, 0.1) is 17.3 Å². The molecule has 0 saturated heterocycles. The van der Waals surface area contributed by atoms with Gasteiger partial charge in [-0.1, -0.05) is 50.7 Å². The smallest absolute Gasteiger partial charge is 0.325 e. The first kappa shape index (κ1) is 23.3. The quantitative estimate of drug-likeness (QED) is 0.334. The molecule has 31 heavy (non-hydrogen) atoms. The second-order valence-electron chi connectivity index (χ2n) is 7.56. The molecule has 7 heteroatoms. The molecule has 0 radical (unpaired) electrons. The van der Waals surface area contributed by atoms with Crippen LogP contribution in [0.1, 0.15) is 49.5 Å². The molecule has 1 aromatic heterocycles. The van der Waals surface area contributed by atoms with Crippen LogP contribution in [0.4, 0.5) is 0 Å². The molecular formula is C24H28N2O3S2. The van der Waals surface area contributed by atoms with Crippen LogP contribution >= 0.6 is 23.1 Å². The number of thiazole rings is 1. The van der Waals surface area contributed by atoms with Crippen LogP contribution in [-0.2, 0) is 22.5 Å². The average Bonchev–Trinajstić information content (AvgIpc) is 3.07. The van der Waals surface area contributed by atoms with E-state index >= 15 is 0 Å². The molecule has 0 aliphatic heterocycles. The van der Waals surface area contributed by atoms with Gasteiger partial charge >= 0.3 is 5.97 Å². The van der Waals surface area contributed by atoms with Crippen molar-refractivity contribution in [3.8, 4) is 0 Å². The Morgan fingerprint density at radius 1 is 1.19 bits per heavy atom.